The Hall–Kier alpha value is -1.91. The Morgan fingerprint density at radius 1 is 1.33 bits per heavy atom. The molecule has 0 unspecified atom stereocenters. The maximum absolute atomic E-state index is 13.1. The normalized spacial score (nSPS) is 9.40. The van der Waals surface area contributed by atoms with Crippen molar-refractivity contribution < 1.29 is 14.0 Å². The van der Waals surface area contributed by atoms with Crippen molar-refractivity contribution in [3.8, 4) is 0 Å². The minimum absolute atomic E-state index is 0.0525. The van der Waals surface area contributed by atoms with Gasteiger partial charge in [-0.1, -0.05) is 18.2 Å². The van der Waals surface area contributed by atoms with Gasteiger partial charge in [0.25, 0.3) is 0 Å². The second-order valence-electron chi connectivity index (χ2n) is 2.82. The van der Waals surface area contributed by atoms with Crippen molar-refractivity contribution >= 4 is 12.3 Å². The Morgan fingerprint density at radius 3 is 2.73 bits per heavy atom. The second-order valence-corrected chi connectivity index (χ2v) is 2.82. The average molecular weight is 210 g/mol. The molecule has 0 heterocycles. The number of carbonyl (C=O) groups is 2. The highest BCUT2D eigenvalue weighted by Gasteiger charge is 2.02. The molecular weight excluding hydrogens is 199 g/mol. The van der Waals surface area contributed by atoms with Gasteiger partial charge in [-0.05, 0) is 6.07 Å². The zero-order chi connectivity index (χ0) is 11.1. The summed E-state index contributed by atoms with van der Waals surface area (Å²) >= 11 is 0. The summed E-state index contributed by atoms with van der Waals surface area (Å²) in [5.74, 6) is -0.367. The summed E-state index contributed by atoms with van der Waals surface area (Å²) in [5, 5.41) is 4.71. The number of hydrogen-bond donors (Lipinski definition) is 2. The first-order chi connectivity index (χ1) is 7.24. The van der Waals surface area contributed by atoms with Crippen LogP contribution in [0, 0.1) is 5.82 Å². The van der Waals surface area contributed by atoms with Crippen LogP contribution in [0.4, 0.5) is 9.18 Å². The first-order valence-electron chi connectivity index (χ1n) is 4.43. The van der Waals surface area contributed by atoms with E-state index in [1.54, 1.807) is 18.2 Å². The van der Waals surface area contributed by atoms with E-state index in [4.69, 9.17) is 0 Å². The standard InChI is InChI=1S/C10H11FN2O2/c11-9-4-2-1-3-8(9)7-13-10(15)12-5-6-14/h1-4,6H,5,7H2,(H2,12,13,15). The zero-order valence-electron chi connectivity index (χ0n) is 8.00. The predicted octanol–water partition coefficient (Wildman–Crippen LogP) is 0.824. The van der Waals surface area contributed by atoms with E-state index in [0.29, 0.717) is 11.8 Å². The number of aldehydes is 1. The lowest BCUT2D eigenvalue weighted by Crippen LogP contribution is -2.36. The van der Waals surface area contributed by atoms with E-state index in [2.05, 4.69) is 10.6 Å². The molecule has 0 aromatic heterocycles. The summed E-state index contributed by atoms with van der Waals surface area (Å²) < 4.78 is 13.1. The molecule has 0 spiro atoms. The van der Waals surface area contributed by atoms with Gasteiger partial charge in [0.05, 0.1) is 6.54 Å². The number of rotatable bonds is 4. The Morgan fingerprint density at radius 2 is 2.07 bits per heavy atom. The fourth-order valence-corrected chi connectivity index (χ4v) is 1.01. The maximum atomic E-state index is 13.1. The first kappa shape index (κ1) is 11.2. The van der Waals surface area contributed by atoms with Gasteiger partial charge in [0.2, 0.25) is 0 Å². The summed E-state index contributed by atoms with van der Waals surface area (Å²) in [7, 11) is 0. The van der Waals surface area contributed by atoms with E-state index in [1.165, 1.54) is 6.07 Å². The van der Waals surface area contributed by atoms with Gasteiger partial charge in [0, 0.05) is 12.1 Å². The predicted molar refractivity (Wildman–Crippen MR) is 52.7 cm³/mol. The molecule has 80 valence electrons. The Kier molecular flexibility index (Phi) is 4.28. The number of carbonyl (C=O) groups excluding carboxylic acids is 2. The smallest absolute Gasteiger partial charge is 0.315 e. The molecule has 2 amide bonds. The van der Waals surface area contributed by atoms with Crippen molar-refractivity contribution in [2.24, 2.45) is 0 Å². The molecule has 0 aliphatic carbocycles. The van der Waals surface area contributed by atoms with Crippen LogP contribution in [0.3, 0.4) is 0 Å². The van der Waals surface area contributed by atoms with Crippen LogP contribution in [0.2, 0.25) is 0 Å². The molecule has 5 heteroatoms. The van der Waals surface area contributed by atoms with Crippen molar-refractivity contribution in [1.82, 2.24) is 10.6 Å². The molecule has 0 saturated carbocycles. The van der Waals surface area contributed by atoms with E-state index in [-0.39, 0.29) is 18.9 Å². The molecule has 1 aromatic carbocycles. The highest BCUT2D eigenvalue weighted by molar-refractivity contribution is 5.76. The molecule has 0 fully saturated rings. The summed E-state index contributed by atoms with van der Waals surface area (Å²) in [6.07, 6.45) is 0.572. The van der Waals surface area contributed by atoms with Crippen LogP contribution in [0.1, 0.15) is 5.56 Å². The molecule has 0 saturated heterocycles. The minimum Gasteiger partial charge on any atom is -0.334 e. The van der Waals surface area contributed by atoms with Gasteiger partial charge in [-0.2, -0.15) is 0 Å². The first-order valence-corrected chi connectivity index (χ1v) is 4.43. The number of nitrogens with one attached hydrogen (secondary N) is 2. The third kappa shape index (κ3) is 3.76. The number of hydrogen-bond acceptors (Lipinski definition) is 2. The minimum atomic E-state index is -0.495. The molecular formula is C10H11FN2O2. The fraction of sp³-hybridized carbons (Fsp3) is 0.200. The van der Waals surface area contributed by atoms with Crippen LogP contribution in [0.5, 0.6) is 0 Å². The molecule has 1 rings (SSSR count). The monoisotopic (exact) mass is 210 g/mol. The molecule has 0 aliphatic rings. The Bertz CT molecular complexity index is 355. The van der Waals surface area contributed by atoms with Crippen molar-refractivity contribution in [2.75, 3.05) is 6.54 Å². The topological polar surface area (TPSA) is 58.2 Å². The van der Waals surface area contributed by atoms with E-state index in [9.17, 15) is 14.0 Å². The fourth-order valence-electron chi connectivity index (χ4n) is 1.01. The van der Waals surface area contributed by atoms with Crippen molar-refractivity contribution in [3.05, 3.63) is 35.6 Å². The van der Waals surface area contributed by atoms with Crippen molar-refractivity contribution in [3.63, 3.8) is 0 Å². The van der Waals surface area contributed by atoms with Crippen LogP contribution in [-0.2, 0) is 11.3 Å². The van der Waals surface area contributed by atoms with Gasteiger partial charge in [0.15, 0.2) is 0 Å². The van der Waals surface area contributed by atoms with E-state index >= 15 is 0 Å². The van der Waals surface area contributed by atoms with Gasteiger partial charge >= 0.3 is 6.03 Å². The number of urea groups is 1. The lowest BCUT2D eigenvalue weighted by molar-refractivity contribution is -0.107. The molecule has 4 nitrogen and oxygen atoms in total. The molecule has 2 N–H and O–H groups in total. The second kappa shape index (κ2) is 5.74. The maximum Gasteiger partial charge on any atom is 0.315 e. The lowest BCUT2D eigenvalue weighted by Gasteiger charge is -2.05. The summed E-state index contributed by atoms with van der Waals surface area (Å²) in [6, 6.07) is 5.66. The molecule has 0 atom stereocenters. The summed E-state index contributed by atoms with van der Waals surface area (Å²) in [5.41, 5.74) is 0.402. The molecule has 0 bridgehead atoms. The SMILES string of the molecule is O=CCNC(=O)NCc1ccccc1F. The van der Waals surface area contributed by atoms with Crippen molar-refractivity contribution in [1.29, 1.82) is 0 Å². The lowest BCUT2D eigenvalue weighted by atomic mass is 10.2. The largest absolute Gasteiger partial charge is 0.334 e. The van der Waals surface area contributed by atoms with Crippen LogP contribution in [-0.4, -0.2) is 18.9 Å². The van der Waals surface area contributed by atoms with E-state index < -0.39 is 6.03 Å². The number of halogens is 1. The highest BCUT2D eigenvalue weighted by Crippen LogP contribution is 2.04. The Balaban J connectivity index is 2.40. The van der Waals surface area contributed by atoms with Gasteiger partial charge in [-0.3, -0.25) is 0 Å². The molecule has 0 radical (unpaired) electrons. The van der Waals surface area contributed by atoms with Gasteiger partial charge in [-0.25, -0.2) is 9.18 Å². The third-order valence-electron chi connectivity index (χ3n) is 1.74. The van der Waals surface area contributed by atoms with Crippen LogP contribution >= 0.6 is 0 Å². The molecule has 1 aromatic rings. The summed E-state index contributed by atoms with van der Waals surface area (Å²) in [4.78, 5) is 20.9. The average Bonchev–Trinajstić information content (AvgIpc) is 2.25. The number of amides is 2. The van der Waals surface area contributed by atoms with Gasteiger partial charge in [-0.15, -0.1) is 0 Å². The highest BCUT2D eigenvalue weighted by atomic mass is 19.1. The zero-order valence-corrected chi connectivity index (χ0v) is 8.00. The number of benzene rings is 1. The van der Waals surface area contributed by atoms with Gasteiger partial charge < -0.3 is 15.4 Å². The van der Waals surface area contributed by atoms with Crippen LogP contribution < -0.4 is 10.6 Å². The van der Waals surface area contributed by atoms with Gasteiger partial charge in [0.1, 0.15) is 12.1 Å². The van der Waals surface area contributed by atoms with Crippen LogP contribution in [0.25, 0.3) is 0 Å². The third-order valence-corrected chi connectivity index (χ3v) is 1.74. The molecule has 15 heavy (non-hydrogen) atoms. The summed E-state index contributed by atoms with van der Waals surface area (Å²) in [6.45, 7) is 0.0421. The van der Waals surface area contributed by atoms with Crippen LogP contribution in [0.15, 0.2) is 24.3 Å². The van der Waals surface area contributed by atoms with E-state index in [0.717, 1.165) is 0 Å². The Labute approximate surface area is 86.5 Å². The molecule has 0 aliphatic heterocycles. The van der Waals surface area contributed by atoms with Crippen molar-refractivity contribution in [2.45, 2.75) is 6.54 Å². The van der Waals surface area contributed by atoms with E-state index in [1.807, 2.05) is 0 Å². The quantitative estimate of drug-likeness (QED) is 0.723.